The van der Waals surface area contributed by atoms with Crippen molar-refractivity contribution >= 4 is 34.8 Å². The lowest BCUT2D eigenvalue weighted by molar-refractivity contribution is 0.0696. The molecule has 0 fully saturated rings. The first-order chi connectivity index (χ1) is 14.7. The van der Waals surface area contributed by atoms with Gasteiger partial charge in [0.1, 0.15) is 0 Å². The third-order valence-electron chi connectivity index (χ3n) is 4.76. The first kappa shape index (κ1) is 21.6. The lowest BCUT2D eigenvalue weighted by Crippen LogP contribution is -2.15. The molecule has 158 valence electrons. The maximum absolute atomic E-state index is 12.7. The maximum atomic E-state index is 12.7. The fourth-order valence-electron chi connectivity index (χ4n) is 2.92. The SMILES string of the molecule is Cc1ccc(NC(=O)c2cccc(N(C)C)c2)cc1NC(=O)c1ccc(C(=O)O)cc1. The average Bonchev–Trinajstić information content (AvgIpc) is 2.76. The molecule has 3 rings (SSSR count). The van der Waals surface area contributed by atoms with Gasteiger partial charge in [-0.1, -0.05) is 12.1 Å². The molecule has 0 heterocycles. The second-order valence-corrected chi connectivity index (χ2v) is 7.27. The zero-order valence-corrected chi connectivity index (χ0v) is 17.5. The standard InChI is InChI=1S/C24H23N3O4/c1-15-7-12-19(25-23(29)18-5-4-6-20(13-18)27(2)3)14-21(15)26-22(28)16-8-10-17(11-9-16)24(30)31/h4-14H,1-3H3,(H,25,29)(H,26,28)(H,30,31). The lowest BCUT2D eigenvalue weighted by Gasteiger charge is -2.14. The molecule has 0 atom stereocenters. The molecule has 31 heavy (non-hydrogen) atoms. The molecule has 7 heteroatoms. The van der Waals surface area contributed by atoms with E-state index < -0.39 is 5.97 Å². The lowest BCUT2D eigenvalue weighted by atomic mass is 10.1. The second-order valence-electron chi connectivity index (χ2n) is 7.27. The highest BCUT2D eigenvalue weighted by molar-refractivity contribution is 6.07. The Bertz CT molecular complexity index is 1140. The topological polar surface area (TPSA) is 98.7 Å². The van der Waals surface area contributed by atoms with Gasteiger partial charge in [0, 0.05) is 42.3 Å². The molecule has 0 saturated carbocycles. The quantitative estimate of drug-likeness (QED) is 0.557. The van der Waals surface area contributed by atoms with Crippen LogP contribution in [0, 0.1) is 6.92 Å². The van der Waals surface area contributed by atoms with Gasteiger partial charge in [-0.2, -0.15) is 0 Å². The monoisotopic (exact) mass is 417 g/mol. The minimum atomic E-state index is -1.05. The molecule has 3 N–H and O–H groups in total. The normalized spacial score (nSPS) is 10.3. The van der Waals surface area contributed by atoms with Crippen LogP contribution in [-0.4, -0.2) is 37.0 Å². The smallest absolute Gasteiger partial charge is 0.335 e. The first-order valence-corrected chi connectivity index (χ1v) is 9.58. The van der Waals surface area contributed by atoms with Gasteiger partial charge in [-0.05, 0) is 67.1 Å². The number of nitrogens with one attached hydrogen (secondary N) is 2. The van der Waals surface area contributed by atoms with E-state index in [1.165, 1.54) is 24.3 Å². The summed E-state index contributed by atoms with van der Waals surface area (Å²) in [5.41, 5.74) is 3.79. The summed E-state index contributed by atoms with van der Waals surface area (Å²) in [5, 5.41) is 14.6. The molecule has 0 spiro atoms. The number of carboxylic acids is 1. The van der Waals surface area contributed by atoms with Crippen LogP contribution in [0.15, 0.2) is 66.7 Å². The van der Waals surface area contributed by atoms with Crippen molar-refractivity contribution in [3.05, 3.63) is 89.0 Å². The van der Waals surface area contributed by atoms with E-state index in [4.69, 9.17) is 5.11 Å². The Kier molecular flexibility index (Phi) is 6.35. The third-order valence-corrected chi connectivity index (χ3v) is 4.76. The first-order valence-electron chi connectivity index (χ1n) is 9.58. The van der Waals surface area contributed by atoms with Crippen molar-refractivity contribution in [3.8, 4) is 0 Å². The van der Waals surface area contributed by atoms with E-state index in [1.54, 1.807) is 30.3 Å². The molecule has 3 aromatic carbocycles. The zero-order valence-electron chi connectivity index (χ0n) is 17.5. The number of amides is 2. The predicted octanol–water partition coefficient (Wildman–Crippen LogP) is 4.26. The summed E-state index contributed by atoms with van der Waals surface area (Å²) in [6.45, 7) is 1.84. The van der Waals surface area contributed by atoms with E-state index in [-0.39, 0.29) is 17.4 Å². The van der Waals surface area contributed by atoms with Crippen LogP contribution < -0.4 is 15.5 Å². The van der Waals surface area contributed by atoms with Crippen LogP contribution in [0.5, 0.6) is 0 Å². The number of carboxylic acid groups (broad SMARTS) is 1. The van der Waals surface area contributed by atoms with Gasteiger partial charge in [0.2, 0.25) is 0 Å². The van der Waals surface area contributed by atoms with E-state index in [0.717, 1.165) is 11.3 Å². The molecular formula is C24H23N3O4. The number of carbonyl (C=O) groups excluding carboxylic acids is 2. The summed E-state index contributed by atoms with van der Waals surface area (Å²) in [6, 6.07) is 18.2. The average molecular weight is 417 g/mol. The number of benzene rings is 3. The van der Waals surface area contributed by atoms with Crippen molar-refractivity contribution in [2.45, 2.75) is 6.92 Å². The van der Waals surface area contributed by atoms with E-state index >= 15 is 0 Å². The molecule has 3 aromatic rings. The van der Waals surface area contributed by atoms with E-state index in [2.05, 4.69) is 10.6 Å². The number of aryl methyl sites for hydroxylation is 1. The highest BCUT2D eigenvalue weighted by Crippen LogP contribution is 2.22. The van der Waals surface area contributed by atoms with Crippen LogP contribution in [0.3, 0.4) is 0 Å². The Balaban J connectivity index is 1.75. The summed E-state index contributed by atoms with van der Waals surface area (Å²) in [7, 11) is 3.81. The van der Waals surface area contributed by atoms with Crippen molar-refractivity contribution in [1.82, 2.24) is 0 Å². The highest BCUT2D eigenvalue weighted by atomic mass is 16.4. The number of aromatic carboxylic acids is 1. The largest absolute Gasteiger partial charge is 0.478 e. The van der Waals surface area contributed by atoms with Gasteiger partial charge in [0.25, 0.3) is 11.8 Å². The minimum Gasteiger partial charge on any atom is -0.478 e. The van der Waals surface area contributed by atoms with Crippen molar-refractivity contribution in [2.24, 2.45) is 0 Å². The second kappa shape index (κ2) is 9.13. The van der Waals surface area contributed by atoms with Gasteiger partial charge in [-0.25, -0.2) is 4.79 Å². The van der Waals surface area contributed by atoms with Crippen molar-refractivity contribution in [1.29, 1.82) is 0 Å². The number of rotatable bonds is 6. The summed E-state index contributed by atoms with van der Waals surface area (Å²) >= 11 is 0. The number of hydrogen-bond donors (Lipinski definition) is 3. The van der Waals surface area contributed by atoms with Gasteiger partial charge in [0.15, 0.2) is 0 Å². The van der Waals surface area contributed by atoms with Crippen LogP contribution in [0.2, 0.25) is 0 Å². The molecule has 0 unspecified atom stereocenters. The number of anilines is 3. The predicted molar refractivity (Wildman–Crippen MR) is 121 cm³/mol. The van der Waals surface area contributed by atoms with E-state index in [0.29, 0.717) is 22.5 Å². The van der Waals surface area contributed by atoms with Crippen LogP contribution >= 0.6 is 0 Å². The van der Waals surface area contributed by atoms with Gasteiger partial charge >= 0.3 is 5.97 Å². The van der Waals surface area contributed by atoms with Crippen LogP contribution in [0.4, 0.5) is 17.1 Å². The van der Waals surface area contributed by atoms with Gasteiger partial charge in [0.05, 0.1) is 5.56 Å². The van der Waals surface area contributed by atoms with Crippen molar-refractivity contribution < 1.29 is 19.5 Å². The van der Waals surface area contributed by atoms with E-state index in [9.17, 15) is 14.4 Å². The van der Waals surface area contributed by atoms with Crippen molar-refractivity contribution in [2.75, 3.05) is 29.6 Å². The number of nitrogens with zero attached hydrogens (tertiary/aromatic N) is 1. The Morgan fingerprint density at radius 2 is 1.42 bits per heavy atom. The molecule has 0 aliphatic rings. The summed E-state index contributed by atoms with van der Waals surface area (Å²) in [5.74, 6) is -1.68. The molecule has 0 aliphatic carbocycles. The zero-order chi connectivity index (χ0) is 22.5. The molecule has 0 aliphatic heterocycles. The van der Waals surface area contributed by atoms with Gasteiger partial charge in [-0.15, -0.1) is 0 Å². The Morgan fingerprint density at radius 1 is 0.774 bits per heavy atom. The van der Waals surface area contributed by atoms with Crippen molar-refractivity contribution in [3.63, 3.8) is 0 Å². The van der Waals surface area contributed by atoms with Gasteiger partial charge < -0.3 is 20.6 Å². The van der Waals surface area contributed by atoms with Crippen LogP contribution in [-0.2, 0) is 0 Å². The third kappa shape index (κ3) is 5.27. The minimum absolute atomic E-state index is 0.107. The molecule has 7 nitrogen and oxygen atoms in total. The molecular weight excluding hydrogens is 394 g/mol. The molecule has 0 saturated heterocycles. The Labute approximate surface area is 180 Å². The molecule has 0 bridgehead atoms. The molecule has 0 radical (unpaired) electrons. The fourth-order valence-corrected chi connectivity index (χ4v) is 2.92. The highest BCUT2D eigenvalue weighted by Gasteiger charge is 2.12. The molecule has 2 amide bonds. The summed E-state index contributed by atoms with van der Waals surface area (Å²) < 4.78 is 0. The molecule has 0 aromatic heterocycles. The number of carbonyl (C=O) groups is 3. The number of hydrogen-bond acceptors (Lipinski definition) is 4. The van der Waals surface area contributed by atoms with E-state index in [1.807, 2.05) is 38.1 Å². The summed E-state index contributed by atoms with van der Waals surface area (Å²) in [6.07, 6.45) is 0. The van der Waals surface area contributed by atoms with Gasteiger partial charge in [-0.3, -0.25) is 9.59 Å². The summed E-state index contributed by atoms with van der Waals surface area (Å²) in [4.78, 5) is 38.1. The fraction of sp³-hybridized carbons (Fsp3) is 0.125. The maximum Gasteiger partial charge on any atom is 0.335 e. The van der Waals surface area contributed by atoms with Crippen LogP contribution in [0.1, 0.15) is 36.6 Å². The Morgan fingerprint density at radius 3 is 2.06 bits per heavy atom. The Hall–Kier alpha value is -4.13. The van der Waals surface area contributed by atoms with Crippen LogP contribution in [0.25, 0.3) is 0 Å².